The van der Waals surface area contributed by atoms with Crippen LogP contribution in [0, 0.1) is 0 Å². The third-order valence-corrected chi connectivity index (χ3v) is 18.8. The van der Waals surface area contributed by atoms with E-state index >= 15 is 0 Å². The molecule has 0 saturated carbocycles. The lowest BCUT2D eigenvalue weighted by molar-refractivity contribution is 0.951. The van der Waals surface area contributed by atoms with Gasteiger partial charge in [-0.15, -0.1) is 0 Å². The van der Waals surface area contributed by atoms with Crippen LogP contribution in [0.4, 0.5) is 0 Å². The van der Waals surface area contributed by atoms with Crippen LogP contribution in [0.15, 0.2) is 328 Å². The summed E-state index contributed by atoms with van der Waals surface area (Å²) in [5.74, 6) is 2.74. The Hall–Kier alpha value is -12.8. The minimum atomic E-state index is 0.590. The molecule has 0 aliphatic heterocycles. The number of hydrogen-bond donors (Lipinski definition) is 0. The number of benzene rings is 13. The molecule has 0 bridgehead atoms. The molecule has 438 valence electrons. The van der Waals surface area contributed by atoms with E-state index in [4.69, 9.17) is 19.9 Å². The SMILES string of the molecule is c1ccc(-c2cc(-c3ccc(-c4cc(-c5ccccc5)cc(-c5cc(-n6c7ccccc7c7ccccc76)nc(-n6c7ccccc7c7ccccc76)n5)c4)cc3)cc(-c3cc(-n4c5ccccc5c5ccccc54)nc(-n4c5ccccc5c5ccccc54)n3)c2)cc1. The molecule has 0 fully saturated rings. The number of aromatic nitrogens is 8. The summed E-state index contributed by atoms with van der Waals surface area (Å²) >= 11 is 0. The average Bonchev–Trinajstić information content (AvgIpc) is 1.56. The van der Waals surface area contributed by atoms with Gasteiger partial charge < -0.3 is 0 Å². The maximum absolute atomic E-state index is 5.63. The Kier molecular flexibility index (Phi) is 12.1. The smallest absolute Gasteiger partial charge is 0.237 e. The number of hydrogen-bond acceptors (Lipinski definition) is 4. The molecule has 0 amide bonds. The second-order valence-corrected chi connectivity index (χ2v) is 24.2. The van der Waals surface area contributed by atoms with Crippen molar-refractivity contribution in [3.8, 4) is 90.6 Å². The van der Waals surface area contributed by atoms with Gasteiger partial charge in [0.1, 0.15) is 11.6 Å². The van der Waals surface area contributed by atoms with E-state index in [2.05, 4.69) is 346 Å². The molecule has 6 heterocycles. The molecule has 94 heavy (non-hydrogen) atoms. The van der Waals surface area contributed by atoms with Crippen molar-refractivity contribution in [2.75, 3.05) is 0 Å². The van der Waals surface area contributed by atoms with Crippen molar-refractivity contribution < 1.29 is 0 Å². The van der Waals surface area contributed by atoms with Crippen molar-refractivity contribution >= 4 is 87.2 Å². The highest BCUT2D eigenvalue weighted by Gasteiger charge is 2.23. The van der Waals surface area contributed by atoms with Gasteiger partial charge in [0.25, 0.3) is 0 Å². The fourth-order valence-electron chi connectivity index (χ4n) is 14.5. The third kappa shape index (κ3) is 8.61. The lowest BCUT2D eigenvalue weighted by Crippen LogP contribution is -2.07. The summed E-state index contributed by atoms with van der Waals surface area (Å²) in [7, 11) is 0. The standard InChI is InChI=1S/C86H54N8/c1-3-23-55(24-4-1)59-47-61(51-63(49-59)73-53-83(91-75-35-15-7-27-65(75)66-28-8-16-36-76(66)91)89-85(87-73)93-79-39-19-11-31-69(79)70-32-12-20-40-80(70)93)57-43-45-58(46-44-57)62-48-60(56-25-5-2-6-26-56)50-64(52-62)74-54-84(92-77-37-17-9-29-67(77)68-30-10-18-38-78(68)92)90-86(88-74)94-81-41-21-13-33-71(81)72-34-14-22-42-82(72)94/h1-54H. The summed E-state index contributed by atoms with van der Waals surface area (Å²) < 4.78 is 9.05. The van der Waals surface area contributed by atoms with E-state index < -0.39 is 0 Å². The maximum Gasteiger partial charge on any atom is 0.237 e. The van der Waals surface area contributed by atoms with Gasteiger partial charge in [-0.25, -0.2) is 9.97 Å². The Morgan fingerprint density at radius 3 is 0.638 bits per heavy atom. The third-order valence-electron chi connectivity index (χ3n) is 18.8. The molecular weight excluding hydrogens is 1150 g/mol. The number of fused-ring (bicyclic) bond motifs is 12. The normalized spacial score (nSPS) is 11.8. The molecule has 0 atom stereocenters. The summed E-state index contributed by atoms with van der Waals surface area (Å²) in [6.45, 7) is 0. The van der Waals surface area contributed by atoms with Crippen molar-refractivity contribution in [3.63, 3.8) is 0 Å². The van der Waals surface area contributed by atoms with Gasteiger partial charge >= 0.3 is 0 Å². The average molecular weight is 1200 g/mol. The quantitative estimate of drug-likeness (QED) is 0.137. The van der Waals surface area contributed by atoms with E-state index in [0.29, 0.717) is 11.9 Å². The molecule has 19 rings (SSSR count). The van der Waals surface area contributed by atoms with Gasteiger partial charge in [-0.1, -0.05) is 231 Å². The molecule has 13 aromatic carbocycles. The van der Waals surface area contributed by atoms with Crippen LogP contribution in [0.5, 0.6) is 0 Å². The van der Waals surface area contributed by atoms with Crippen molar-refractivity contribution in [1.29, 1.82) is 0 Å². The molecule has 6 aromatic heterocycles. The van der Waals surface area contributed by atoms with Gasteiger partial charge in [0.05, 0.1) is 55.5 Å². The lowest BCUT2D eigenvalue weighted by Gasteiger charge is -2.16. The monoisotopic (exact) mass is 1200 g/mol. The Bertz CT molecular complexity index is 5370. The zero-order valence-electron chi connectivity index (χ0n) is 50.8. The molecule has 8 heteroatoms. The van der Waals surface area contributed by atoms with Gasteiger partial charge in [-0.05, 0) is 129 Å². The highest BCUT2D eigenvalue weighted by Crippen LogP contribution is 2.42. The first-order valence-electron chi connectivity index (χ1n) is 31.9. The van der Waals surface area contributed by atoms with E-state index in [1.165, 1.54) is 21.5 Å². The molecule has 0 aliphatic rings. The van der Waals surface area contributed by atoms with Crippen LogP contribution >= 0.6 is 0 Å². The number of rotatable bonds is 10. The van der Waals surface area contributed by atoms with E-state index in [1.807, 2.05) is 0 Å². The lowest BCUT2D eigenvalue weighted by atomic mass is 9.92. The Morgan fingerprint density at radius 2 is 0.372 bits per heavy atom. The molecule has 19 aromatic rings. The first-order chi connectivity index (χ1) is 46.6. The van der Waals surface area contributed by atoms with Crippen molar-refractivity contribution in [2.24, 2.45) is 0 Å². The fourth-order valence-corrected chi connectivity index (χ4v) is 14.5. The highest BCUT2D eigenvalue weighted by molar-refractivity contribution is 6.12. The second kappa shape index (κ2) is 21.4. The Balaban J connectivity index is 0.790. The van der Waals surface area contributed by atoms with Crippen LogP contribution in [0.1, 0.15) is 0 Å². The van der Waals surface area contributed by atoms with Crippen LogP contribution < -0.4 is 0 Å². The number of nitrogens with zero attached hydrogens (tertiary/aromatic N) is 8. The Labute approximate surface area is 540 Å². The van der Waals surface area contributed by atoms with Crippen LogP contribution in [0.3, 0.4) is 0 Å². The van der Waals surface area contributed by atoms with Gasteiger partial charge in [0.15, 0.2) is 0 Å². The fraction of sp³-hybridized carbons (Fsp3) is 0. The van der Waals surface area contributed by atoms with Gasteiger partial charge in [0.2, 0.25) is 11.9 Å². The van der Waals surface area contributed by atoms with Crippen molar-refractivity contribution in [1.82, 2.24) is 38.2 Å². The molecule has 0 radical (unpaired) electrons. The maximum atomic E-state index is 5.63. The first kappa shape index (κ1) is 53.1. The van der Waals surface area contributed by atoms with Crippen molar-refractivity contribution in [3.05, 3.63) is 328 Å². The zero-order chi connectivity index (χ0) is 61.8. The molecule has 0 spiro atoms. The van der Waals surface area contributed by atoms with Crippen molar-refractivity contribution in [2.45, 2.75) is 0 Å². The summed E-state index contributed by atoms with van der Waals surface area (Å²) in [5, 5.41) is 9.25. The second-order valence-electron chi connectivity index (χ2n) is 24.2. The molecule has 8 nitrogen and oxygen atoms in total. The summed E-state index contributed by atoms with van der Waals surface area (Å²) in [6, 6.07) is 117. The molecule has 0 unspecified atom stereocenters. The minimum absolute atomic E-state index is 0.590. The molecule has 0 aliphatic carbocycles. The predicted octanol–water partition coefficient (Wildman–Crippen LogP) is 21.7. The van der Waals surface area contributed by atoms with Crippen LogP contribution in [0.2, 0.25) is 0 Å². The molecular formula is C86H54N8. The zero-order valence-corrected chi connectivity index (χ0v) is 50.8. The topological polar surface area (TPSA) is 71.3 Å². The van der Waals surface area contributed by atoms with E-state index in [0.717, 1.165) is 144 Å². The van der Waals surface area contributed by atoms with Gasteiger partial charge in [-0.2, -0.15) is 9.97 Å². The van der Waals surface area contributed by atoms with Gasteiger partial charge in [0, 0.05) is 66.3 Å². The Morgan fingerprint density at radius 1 is 0.160 bits per heavy atom. The molecule has 0 N–H and O–H groups in total. The van der Waals surface area contributed by atoms with Crippen LogP contribution in [0.25, 0.3) is 178 Å². The highest BCUT2D eigenvalue weighted by atomic mass is 15.2. The van der Waals surface area contributed by atoms with Crippen LogP contribution in [-0.4, -0.2) is 38.2 Å². The summed E-state index contributed by atoms with van der Waals surface area (Å²) in [5.41, 5.74) is 20.7. The van der Waals surface area contributed by atoms with E-state index in [9.17, 15) is 0 Å². The number of para-hydroxylation sites is 8. The van der Waals surface area contributed by atoms with E-state index in [-0.39, 0.29) is 0 Å². The van der Waals surface area contributed by atoms with Crippen LogP contribution in [-0.2, 0) is 0 Å². The summed E-state index contributed by atoms with van der Waals surface area (Å²) in [6.07, 6.45) is 0. The predicted molar refractivity (Wildman–Crippen MR) is 388 cm³/mol. The first-order valence-corrected chi connectivity index (χ1v) is 31.9. The van der Waals surface area contributed by atoms with Gasteiger partial charge in [-0.3, -0.25) is 18.3 Å². The minimum Gasteiger partial charge on any atom is -0.294 e. The van der Waals surface area contributed by atoms with E-state index in [1.54, 1.807) is 0 Å². The largest absolute Gasteiger partial charge is 0.294 e. The summed E-state index contributed by atoms with van der Waals surface area (Å²) in [4.78, 5) is 22.4. The molecule has 0 saturated heterocycles.